The van der Waals surface area contributed by atoms with E-state index in [0.29, 0.717) is 29.6 Å². The Labute approximate surface area is 150 Å². The Kier molecular flexibility index (Phi) is 5.39. The summed E-state index contributed by atoms with van der Waals surface area (Å²) in [6.07, 6.45) is 0.0837. The Morgan fingerprint density at radius 1 is 1.28 bits per heavy atom. The molecule has 0 bridgehead atoms. The molecule has 0 spiro atoms. The molecule has 1 fully saturated rings. The molecule has 3 rings (SSSR count). The second-order valence-electron chi connectivity index (χ2n) is 6.19. The van der Waals surface area contributed by atoms with Gasteiger partial charge in [-0.25, -0.2) is 4.39 Å². The van der Waals surface area contributed by atoms with Gasteiger partial charge in [-0.2, -0.15) is 0 Å². The van der Waals surface area contributed by atoms with Crippen LogP contribution in [-0.2, 0) is 16.6 Å². The van der Waals surface area contributed by atoms with Crippen molar-refractivity contribution in [2.45, 2.75) is 31.2 Å². The van der Waals surface area contributed by atoms with Gasteiger partial charge in [0.2, 0.25) is 5.91 Å². The van der Waals surface area contributed by atoms with Gasteiger partial charge in [0, 0.05) is 20.1 Å². The normalized spacial score (nSPS) is 20.7. The third-order valence-electron chi connectivity index (χ3n) is 4.05. The average Bonchev–Trinajstić information content (AvgIpc) is 2.93. The van der Waals surface area contributed by atoms with Crippen LogP contribution in [0.25, 0.3) is 11.4 Å². The van der Waals surface area contributed by atoms with Gasteiger partial charge in [-0.05, 0) is 26.0 Å². The van der Waals surface area contributed by atoms with Crippen LogP contribution in [-0.4, -0.2) is 56.6 Å². The summed E-state index contributed by atoms with van der Waals surface area (Å²) in [5.74, 6) is 0.411. The molecular weight excluding hydrogens is 343 g/mol. The maximum atomic E-state index is 13.9. The van der Waals surface area contributed by atoms with Crippen LogP contribution in [0.1, 0.15) is 13.8 Å². The summed E-state index contributed by atoms with van der Waals surface area (Å²) in [7, 11) is 1.77. The van der Waals surface area contributed by atoms with Crippen molar-refractivity contribution in [3.8, 4) is 11.4 Å². The highest BCUT2D eigenvalue weighted by molar-refractivity contribution is 7.99. The maximum absolute atomic E-state index is 13.9. The molecule has 2 atom stereocenters. The van der Waals surface area contributed by atoms with Crippen molar-refractivity contribution in [1.82, 2.24) is 19.7 Å². The van der Waals surface area contributed by atoms with Gasteiger partial charge in [0.1, 0.15) is 5.82 Å². The largest absolute Gasteiger partial charge is 0.372 e. The molecule has 1 aliphatic rings. The standard InChI is InChI=1S/C17H21FN4O2S/c1-11-8-22(9-12(2)24-11)15(23)10-25-17-20-19-16(21(17)3)13-6-4-5-7-14(13)18/h4-7,11-12H,8-10H2,1-3H3/t11-,12-/m1/s1. The molecule has 6 nitrogen and oxygen atoms in total. The number of aromatic nitrogens is 3. The Morgan fingerprint density at radius 2 is 1.96 bits per heavy atom. The quantitative estimate of drug-likeness (QED) is 0.780. The summed E-state index contributed by atoms with van der Waals surface area (Å²) in [6.45, 7) is 5.13. The molecule has 1 aromatic carbocycles. The number of benzene rings is 1. The van der Waals surface area contributed by atoms with Crippen molar-refractivity contribution in [3.63, 3.8) is 0 Å². The van der Waals surface area contributed by atoms with Gasteiger partial charge in [0.15, 0.2) is 11.0 Å². The Bertz CT molecular complexity index is 757. The highest BCUT2D eigenvalue weighted by Crippen LogP contribution is 2.25. The number of ether oxygens (including phenoxy) is 1. The lowest BCUT2D eigenvalue weighted by atomic mass is 10.2. The van der Waals surface area contributed by atoms with Crippen LogP contribution in [0.15, 0.2) is 29.4 Å². The van der Waals surface area contributed by atoms with Crippen molar-refractivity contribution in [3.05, 3.63) is 30.1 Å². The number of hydrogen-bond donors (Lipinski definition) is 0. The highest BCUT2D eigenvalue weighted by atomic mass is 32.2. The van der Waals surface area contributed by atoms with Crippen LogP contribution < -0.4 is 0 Å². The van der Waals surface area contributed by atoms with E-state index in [9.17, 15) is 9.18 Å². The molecule has 8 heteroatoms. The van der Waals surface area contributed by atoms with E-state index >= 15 is 0 Å². The number of morpholine rings is 1. The van der Waals surface area contributed by atoms with Gasteiger partial charge in [-0.1, -0.05) is 23.9 Å². The Hall–Kier alpha value is -1.93. The Morgan fingerprint density at radius 3 is 2.64 bits per heavy atom. The van der Waals surface area contributed by atoms with Gasteiger partial charge >= 0.3 is 0 Å². The monoisotopic (exact) mass is 364 g/mol. The lowest BCUT2D eigenvalue weighted by Gasteiger charge is -2.35. The van der Waals surface area contributed by atoms with Crippen LogP contribution in [0.3, 0.4) is 0 Å². The molecule has 0 radical (unpaired) electrons. The number of thioether (sulfide) groups is 1. The fourth-order valence-electron chi connectivity index (χ4n) is 2.92. The summed E-state index contributed by atoms with van der Waals surface area (Å²) < 4.78 is 21.3. The van der Waals surface area contributed by atoms with E-state index in [1.165, 1.54) is 17.8 Å². The molecule has 2 heterocycles. The van der Waals surface area contributed by atoms with Crippen LogP contribution >= 0.6 is 11.8 Å². The van der Waals surface area contributed by atoms with Crippen molar-refractivity contribution < 1.29 is 13.9 Å². The van der Waals surface area contributed by atoms with E-state index in [0.717, 1.165) is 0 Å². The van der Waals surface area contributed by atoms with Crippen molar-refractivity contribution in [1.29, 1.82) is 0 Å². The minimum Gasteiger partial charge on any atom is -0.372 e. The molecule has 1 saturated heterocycles. The molecule has 1 amide bonds. The van der Waals surface area contributed by atoms with Gasteiger partial charge in [-0.3, -0.25) is 4.79 Å². The first-order valence-electron chi connectivity index (χ1n) is 8.16. The van der Waals surface area contributed by atoms with E-state index < -0.39 is 0 Å². The SMILES string of the molecule is C[C@@H]1CN(C(=O)CSc2nnc(-c3ccccc3F)n2C)C[C@@H](C)O1. The molecule has 1 aliphatic heterocycles. The lowest BCUT2D eigenvalue weighted by Crippen LogP contribution is -2.48. The molecular formula is C17H21FN4O2S. The molecule has 0 unspecified atom stereocenters. The van der Waals surface area contributed by atoms with Gasteiger partial charge in [0.25, 0.3) is 0 Å². The summed E-state index contributed by atoms with van der Waals surface area (Å²) in [5, 5.41) is 8.75. The predicted molar refractivity (Wildman–Crippen MR) is 93.7 cm³/mol. The van der Waals surface area contributed by atoms with Crippen LogP contribution in [0.5, 0.6) is 0 Å². The zero-order chi connectivity index (χ0) is 18.0. The number of halogens is 1. The molecule has 134 valence electrons. The number of nitrogens with zero attached hydrogens (tertiary/aromatic N) is 4. The van der Waals surface area contributed by atoms with Crippen molar-refractivity contribution in [2.75, 3.05) is 18.8 Å². The number of carbonyl (C=O) groups excluding carboxylic acids is 1. The van der Waals surface area contributed by atoms with Gasteiger partial charge in [0.05, 0.1) is 23.5 Å². The molecule has 0 aliphatic carbocycles. The number of carbonyl (C=O) groups is 1. The third-order valence-corrected chi connectivity index (χ3v) is 5.05. The first kappa shape index (κ1) is 17.9. The fourth-order valence-corrected chi connectivity index (χ4v) is 3.73. The highest BCUT2D eigenvalue weighted by Gasteiger charge is 2.26. The summed E-state index contributed by atoms with van der Waals surface area (Å²) in [4.78, 5) is 14.3. The molecule has 1 aromatic heterocycles. The predicted octanol–water partition coefficient (Wildman–Crippen LogP) is 2.35. The van der Waals surface area contributed by atoms with Crippen LogP contribution in [0.2, 0.25) is 0 Å². The maximum Gasteiger partial charge on any atom is 0.233 e. The molecule has 25 heavy (non-hydrogen) atoms. The average molecular weight is 364 g/mol. The van der Waals surface area contributed by atoms with E-state index in [4.69, 9.17) is 4.74 Å². The molecule has 0 saturated carbocycles. The van der Waals surface area contributed by atoms with Gasteiger partial charge in [-0.15, -0.1) is 10.2 Å². The second-order valence-corrected chi connectivity index (χ2v) is 7.13. The third kappa shape index (κ3) is 4.01. The minimum atomic E-state index is -0.345. The van der Waals surface area contributed by atoms with E-state index in [1.54, 1.807) is 29.8 Å². The zero-order valence-electron chi connectivity index (χ0n) is 14.5. The van der Waals surface area contributed by atoms with Crippen molar-refractivity contribution in [2.24, 2.45) is 7.05 Å². The lowest BCUT2D eigenvalue weighted by molar-refractivity contribution is -0.140. The van der Waals surface area contributed by atoms with E-state index in [2.05, 4.69) is 10.2 Å². The topological polar surface area (TPSA) is 60.2 Å². The fraction of sp³-hybridized carbons (Fsp3) is 0.471. The van der Waals surface area contributed by atoms with Crippen molar-refractivity contribution >= 4 is 17.7 Å². The van der Waals surface area contributed by atoms with E-state index in [1.807, 2.05) is 18.7 Å². The Balaban J connectivity index is 1.66. The number of amides is 1. The number of rotatable bonds is 4. The minimum absolute atomic E-state index is 0.0418. The number of hydrogen-bond acceptors (Lipinski definition) is 5. The molecule has 2 aromatic rings. The van der Waals surface area contributed by atoms with Crippen LogP contribution in [0, 0.1) is 5.82 Å². The first-order valence-corrected chi connectivity index (χ1v) is 9.14. The second kappa shape index (κ2) is 7.53. The summed E-state index contributed by atoms with van der Waals surface area (Å²) in [6, 6.07) is 6.44. The summed E-state index contributed by atoms with van der Waals surface area (Å²) in [5.41, 5.74) is 0.395. The summed E-state index contributed by atoms with van der Waals surface area (Å²) >= 11 is 1.31. The zero-order valence-corrected chi connectivity index (χ0v) is 15.3. The van der Waals surface area contributed by atoms with E-state index in [-0.39, 0.29) is 29.7 Å². The smallest absolute Gasteiger partial charge is 0.233 e. The van der Waals surface area contributed by atoms with Gasteiger partial charge < -0.3 is 14.2 Å². The van der Waals surface area contributed by atoms with Crippen LogP contribution in [0.4, 0.5) is 4.39 Å². The first-order chi connectivity index (χ1) is 12.0. The molecule has 0 N–H and O–H groups in total.